The molecule has 1 aromatic carbocycles. The topological polar surface area (TPSA) is 65.7 Å². The summed E-state index contributed by atoms with van der Waals surface area (Å²) in [4.78, 5) is 26.8. The highest BCUT2D eigenvalue weighted by atomic mass is 32.2. The minimum Gasteiger partial charge on any atom is -0.316 e. The van der Waals surface area contributed by atoms with E-state index in [1.165, 1.54) is 17.8 Å². The van der Waals surface area contributed by atoms with E-state index < -0.39 is 22.9 Å². The van der Waals surface area contributed by atoms with Crippen LogP contribution in [0, 0.1) is 0 Å². The molecular formula is C12H11F3N2O2S. The number of hydrogen-bond acceptors (Lipinski definition) is 3. The molecule has 0 saturated heterocycles. The summed E-state index contributed by atoms with van der Waals surface area (Å²) >= 11 is 1.34. The van der Waals surface area contributed by atoms with Gasteiger partial charge in [-0.15, -0.1) is 0 Å². The highest BCUT2D eigenvalue weighted by Crippen LogP contribution is 2.35. The molecule has 0 radical (unpaired) electrons. The summed E-state index contributed by atoms with van der Waals surface area (Å²) in [5, 5.41) is 0. The van der Waals surface area contributed by atoms with Gasteiger partial charge in [-0.2, -0.15) is 24.9 Å². The normalized spacial score (nSPS) is 12.0. The Bertz CT molecular complexity index is 749. The molecule has 0 bridgehead atoms. The predicted octanol–water partition coefficient (Wildman–Crippen LogP) is 2.49. The number of hydrogen-bond donors (Lipinski definition) is 2. The van der Waals surface area contributed by atoms with E-state index in [-0.39, 0.29) is 22.3 Å². The number of rotatable bonds is 3. The van der Waals surface area contributed by atoms with Crippen molar-refractivity contribution in [3.05, 3.63) is 44.0 Å². The van der Waals surface area contributed by atoms with Crippen molar-refractivity contribution in [2.24, 2.45) is 0 Å². The fraction of sp³-hybridized carbons (Fsp3) is 0.333. The maximum Gasteiger partial charge on any atom is 0.416 e. The van der Waals surface area contributed by atoms with Crippen LogP contribution in [0.5, 0.6) is 0 Å². The van der Waals surface area contributed by atoms with Crippen molar-refractivity contribution in [3.8, 4) is 0 Å². The van der Waals surface area contributed by atoms with Crippen LogP contribution in [0.4, 0.5) is 13.2 Å². The number of nitrogens with one attached hydrogen (secondary N) is 2. The number of alkyl halides is 3. The fourth-order valence-electron chi connectivity index (χ4n) is 1.80. The Kier molecular flexibility index (Phi) is 3.94. The van der Waals surface area contributed by atoms with Gasteiger partial charge in [0, 0.05) is 5.75 Å². The maximum atomic E-state index is 13.0. The average Bonchev–Trinajstić information content (AvgIpc) is 2.36. The largest absolute Gasteiger partial charge is 0.416 e. The summed E-state index contributed by atoms with van der Waals surface area (Å²) in [7, 11) is 0. The van der Waals surface area contributed by atoms with Crippen molar-refractivity contribution in [1.82, 2.24) is 9.97 Å². The van der Waals surface area contributed by atoms with Gasteiger partial charge in [0.2, 0.25) is 0 Å². The molecule has 0 unspecified atom stereocenters. The third kappa shape index (κ3) is 2.90. The zero-order valence-corrected chi connectivity index (χ0v) is 11.2. The second-order valence-corrected chi connectivity index (χ2v) is 5.37. The Morgan fingerprint density at radius 2 is 1.65 bits per heavy atom. The van der Waals surface area contributed by atoms with Crippen molar-refractivity contribution in [1.29, 1.82) is 0 Å². The molecule has 0 amide bonds. The van der Waals surface area contributed by atoms with Crippen LogP contribution < -0.4 is 11.1 Å². The molecule has 1 aromatic heterocycles. The molecule has 0 atom stereocenters. The molecule has 1 heterocycles. The number of aromatic amines is 2. The molecule has 2 N–H and O–H groups in total. The highest BCUT2D eigenvalue weighted by molar-refractivity contribution is 7.98. The molecule has 20 heavy (non-hydrogen) atoms. The van der Waals surface area contributed by atoms with Gasteiger partial charge in [0.25, 0.3) is 0 Å². The van der Waals surface area contributed by atoms with Crippen LogP contribution in [-0.4, -0.2) is 15.7 Å². The molecule has 8 heteroatoms. The molecule has 0 aliphatic heterocycles. The van der Waals surface area contributed by atoms with Gasteiger partial charge in [0.15, 0.2) is 0 Å². The lowest BCUT2D eigenvalue weighted by Crippen LogP contribution is -2.29. The lowest BCUT2D eigenvalue weighted by atomic mass is 10.1. The van der Waals surface area contributed by atoms with Gasteiger partial charge in [-0.05, 0) is 23.4 Å². The van der Waals surface area contributed by atoms with Crippen molar-refractivity contribution in [3.63, 3.8) is 0 Å². The van der Waals surface area contributed by atoms with E-state index in [1.54, 1.807) is 0 Å². The second kappa shape index (κ2) is 5.35. The lowest BCUT2D eigenvalue weighted by Gasteiger charge is -2.13. The number of benzene rings is 1. The SMILES string of the molecule is CCSCc1cc2[nH]c(=O)c(=O)[nH]c2cc1C(F)(F)F. The van der Waals surface area contributed by atoms with Crippen LogP contribution in [-0.2, 0) is 11.9 Å². The Labute approximate surface area is 115 Å². The first-order chi connectivity index (χ1) is 9.32. The zero-order chi connectivity index (χ0) is 14.9. The summed E-state index contributed by atoms with van der Waals surface area (Å²) in [6.45, 7) is 1.85. The molecule has 0 saturated carbocycles. The molecule has 0 aliphatic rings. The quantitative estimate of drug-likeness (QED) is 0.856. The first-order valence-corrected chi connectivity index (χ1v) is 6.92. The van der Waals surface area contributed by atoms with Crippen LogP contribution in [0.1, 0.15) is 18.1 Å². The average molecular weight is 304 g/mol. The smallest absolute Gasteiger partial charge is 0.316 e. The Morgan fingerprint density at radius 1 is 1.10 bits per heavy atom. The second-order valence-electron chi connectivity index (χ2n) is 4.10. The Morgan fingerprint density at radius 3 is 2.15 bits per heavy atom. The van der Waals surface area contributed by atoms with Crippen LogP contribution in [0.3, 0.4) is 0 Å². The van der Waals surface area contributed by atoms with Crippen LogP contribution in [0.15, 0.2) is 21.7 Å². The number of aromatic nitrogens is 2. The maximum absolute atomic E-state index is 13.0. The minimum atomic E-state index is -4.51. The molecule has 2 aromatic rings. The molecule has 0 fully saturated rings. The van der Waals surface area contributed by atoms with Crippen LogP contribution >= 0.6 is 11.8 Å². The Hall–Kier alpha value is -1.70. The number of halogens is 3. The van der Waals surface area contributed by atoms with Crippen molar-refractivity contribution in [2.75, 3.05) is 5.75 Å². The van der Waals surface area contributed by atoms with E-state index in [2.05, 4.69) is 9.97 Å². The third-order valence-corrected chi connectivity index (χ3v) is 3.64. The van der Waals surface area contributed by atoms with E-state index >= 15 is 0 Å². The Balaban J connectivity index is 2.71. The molecule has 0 spiro atoms. The van der Waals surface area contributed by atoms with Gasteiger partial charge < -0.3 is 9.97 Å². The minimum absolute atomic E-state index is 0.0350. The van der Waals surface area contributed by atoms with Gasteiger partial charge in [0.05, 0.1) is 16.6 Å². The van der Waals surface area contributed by atoms with Gasteiger partial charge >= 0.3 is 17.3 Å². The van der Waals surface area contributed by atoms with Crippen molar-refractivity contribution < 1.29 is 13.2 Å². The number of thioether (sulfide) groups is 1. The molecular weight excluding hydrogens is 293 g/mol. The summed E-state index contributed by atoms with van der Waals surface area (Å²) < 4.78 is 39.0. The summed E-state index contributed by atoms with van der Waals surface area (Å²) in [5.41, 5.74) is -2.41. The summed E-state index contributed by atoms with van der Waals surface area (Å²) in [6, 6.07) is 2.12. The fourth-order valence-corrected chi connectivity index (χ4v) is 2.47. The zero-order valence-electron chi connectivity index (χ0n) is 10.4. The van der Waals surface area contributed by atoms with E-state index in [9.17, 15) is 22.8 Å². The van der Waals surface area contributed by atoms with Crippen LogP contribution in [0.25, 0.3) is 11.0 Å². The molecule has 0 aliphatic carbocycles. The predicted molar refractivity (Wildman–Crippen MR) is 72.0 cm³/mol. The summed E-state index contributed by atoms with van der Waals surface area (Å²) in [6.07, 6.45) is -4.51. The van der Waals surface area contributed by atoms with E-state index in [4.69, 9.17) is 0 Å². The van der Waals surface area contributed by atoms with Gasteiger partial charge in [-0.1, -0.05) is 6.92 Å². The summed E-state index contributed by atoms with van der Waals surface area (Å²) in [5.74, 6) is 0.861. The van der Waals surface area contributed by atoms with E-state index in [0.29, 0.717) is 5.75 Å². The van der Waals surface area contributed by atoms with E-state index in [0.717, 1.165) is 6.07 Å². The van der Waals surface area contributed by atoms with E-state index in [1.807, 2.05) is 6.92 Å². The van der Waals surface area contributed by atoms with Crippen molar-refractivity contribution in [2.45, 2.75) is 18.9 Å². The standard InChI is InChI=1S/C12H11F3N2O2S/c1-2-20-5-6-3-8-9(4-7(6)12(13,14)15)17-11(19)10(18)16-8/h3-4H,2,5H2,1H3,(H,16,18)(H,17,19). The van der Waals surface area contributed by atoms with Gasteiger partial charge in [0.1, 0.15) is 0 Å². The highest BCUT2D eigenvalue weighted by Gasteiger charge is 2.33. The number of H-pyrrole nitrogens is 2. The third-order valence-electron chi connectivity index (χ3n) is 2.71. The number of fused-ring (bicyclic) bond motifs is 1. The lowest BCUT2D eigenvalue weighted by molar-refractivity contribution is -0.138. The first kappa shape index (κ1) is 14.7. The molecule has 2 rings (SSSR count). The molecule has 4 nitrogen and oxygen atoms in total. The van der Waals surface area contributed by atoms with Gasteiger partial charge in [-0.3, -0.25) is 9.59 Å². The van der Waals surface area contributed by atoms with Gasteiger partial charge in [-0.25, -0.2) is 0 Å². The monoisotopic (exact) mass is 304 g/mol. The van der Waals surface area contributed by atoms with Crippen molar-refractivity contribution >= 4 is 22.8 Å². The molecule has 108 valence electrons. The van der Waals surface area contributed by atoms with Crippen LogP contribution in [0.2, 0.25) is 0 Å². The first-order valence-electron chi connectivity index (χ1n) is 5.77.